The predicted octanol–water partition coefficient (Wildman–Crippen LogP) is 1.58. The van der Waals surface area contributed by atoms with Crippen molar-refractivity contribution in [2.75, 3.05) is 23.3 Å². The number of para-hydroxylation sites is 2. The van der Waals surface area contributed by atoms with Gasteiger partial charge in [-0.15, -0.1) is 5.10 Å². The number of carbonyl (C=O) groups is 1. The van der Waals surface area contributed by atoms with E-state index in [1.165, 1.54) is 0 Å². The van der Waals surface area contributed by atoms with Crippen LogP contribution in [0.4, 0.5) is 11.4 Å². The third-order valence-corrected chi connectivity index (χ3v) is 3.10. The topological polar surface area (TPSA) is 73.9 Å². The van der Waals surface area contributed by atoms with E-state index in [-0.39, 0.29) is 11.7 Å². The highest BCUT2D eigenvalue weighted by atomic mass is 16.2. The van der Waals surface area contributed by atoms with E-state index >= 15 is 0 Å². The zero-order chi connectivity index (χ0) is 13.2. The van der Waals surface area contributed by atoms with Crippen LogP contribution >= 0.6 is 0 Å². The van der Waals surface area contributed by atoms with Crippen molar-refractivity contribution in [1.82, 2.24) is 15.2 Å². The number of fused-ring (bicyclic) bond motifs is 1. The van der Waals surface area contributed by atoms with Gasteiger partial charge in [-0.3, -0.25) is 9.89 Å². The summed E-state index contributed by atoms with van der Waals surface area (Å²) in [6.07, 6.45) is 0.893. The van der Waals surface area contributed by atoms with Crippen molar-refractivity contribution in [1.29, 1.82) is 0 Å². The summed E-state index contributed by atoms with van der Waals surface area (Å²) < 4.78 is 0. The highest BCUT2D eigenvalue weighted by molar-refractivity contribution is 6.05. The second kappa shape index (κ2) is 4.72. The molecule has 0 unspecified atom stereocenters. The number of amides is 1. The van der Waals surface area contributed by atoms with Gasteiger partial charge in [0.1, 0.15) is 5.82 Å². The first kappa shape index (κ1) is 11.7. The normalized spacial score (nSPS) is 14.5. The Bertz CT molecular complexity index is 607. The van der Waals surface area contributed by atoms with Crippen LogP contribution in [0.25, 0.3) is 0 Å². The van der Waals surface area contributed by atoms with Gasteiger partial charge >= 0.3 is 0 Å². The highest BCUT2D eigenvalue weighted by Crippen LogP contribution is 2.28. The van der Waals surface area contributed by atoms with E-state index < -0.39 is 0 Å². The molecule has 0 saturated carbocycles. The minimum atomic E-state index is -0.166. The molecule has 0 aliphatic carbocycles. The van der Waals surface area contributed by atoms with Crippen molar-refractivity contribution in [2.24, 2.45) is 0 Å². The molecule has 1 aromatic carbocycles. The molecular weight excluding hydrogens is 242 g/mol. The molecule has 6 heteroatoms. The second-order valence-corrected chi connectivity index (χ2v) is 4.50. The van der Waals surface area contributed by atoms with Crippen LogP contribution in [-0.2, 0) is 0 Å². The smallest absolute Gasteiger partial charge is 0.297 e. The van der Waals surface area contributed by atoms with Crippen molar-refractivity contribution in [3.05, 3.63) is 35.9 Å². The number of rotatable bonds is 1. The van der Waals surface area contributed by atoms with Gasteiger partial charge in [-0.2, -0.15) is 0 Å². The van der Waals surface area contributed by atoms with Gasteiger partial charge in [-0.05, 0) is 25.5 Å². The summed E-state index contributed by atoms with van der Waals surface area (Å²) >= 11 is 0. The van der Waals surface area contributed by atoms with E-state index in [1.54, 1.807) is 11.8 Å². The number of benzene rings is 1. The van der Waals surface area contributed by atoms with Crippen molar-refractivity contribution >= 4 is 17.3 Å². The molecule has 1 aliphatic rings. The summed E-state index contributed by atoms with van der Waals surface area (Å²) in [7, 11) is 0. The van der Waals surface area contributed by atoms with Crippen LogP contribution in [0.1, 0.15) is 22.9 Å². The van der Waals surface area contributed by atoms with Gasteiger partial charge in [0, 0.05) is 13.1 Å². The van der Waals surface area contributed by atoms with E-state index in [9.17, 15) is 4.79 Å². The zero-order valence-corrected chi connectivity index (χ0v) is 10.7. The fraction of sp³-hybridized carbons (Fsp3) is 0.308. The molecule has 2 aromatic rings. The molecule has 1 aliphatic heterocycles. The van der Waals surface area contributed by atoms with Gasteiger partial charge in [0.05, 0.1) is 11.4 Å². The molecule has 6 nitrogen and oxygen atoms in total. The zero-order valence-electron chi connectivity index (χ0n) is 10.7. The Morgan fingerprint density at radius 1 is 1.37 bits per heavy atom. The summed E-state index contributed by atoms with van der Waals surface area (Å²) in [6.45, 7) is 3.30. The first-order chi connectivity index (χ1) is 9.25. The third kappa shape index (κ3) is 2.16. The minimum Gasteiger partial charge on any atom is -0.383 e. The molecule has 0 saturated heterocycles. The Kier molecular flexibility index (Phi) is 2.91. The molecule has 2 N–H and O–H groups in total. The summed E-state index contributed by atoms with van der Waals surface area (Å²) in [6, 6.07) is 7.79. The van der Waals surface area contributed by atoms with Crippen molar-refractivity contribution in [3.8, 4) is 0 Å². The second-order valence-electron chi connectivity index (χ2n) is 4.50. The maximum absolute atomic E-state index is 12.5. The average Bonchev–Trinajstić information content (AvgIpc) is 2.74. The molecule has 3 rings (SSSR count). The summed E-state index contributed by atoms with van der Waals surface area (Å²) in [5.74, 6) is 0.694. The Morgan fingerprint density at radius 2 is 2.21 bits per heavy atom. The Balaban J connectivity index is 1.98. The van der Waals surface area contributed by atoms with E-state index in [2.05, 4.69) is 20.5 Å². The number of hydrogen-bond acceptors (Lipinski definition) is 4. The van der Waals surface area contributed by atoms with Crippen LogP contribution in [-0.4, -0.2) is 34.2 Å². The quantitative estimate of drug-likeness (QED) is 0.813. The first-order valence-corrected chi connectivity index (χ1v) is 6.29. The lowest BCUT2D eigenvalue weighted by Gasteiger charge is -2.20. The molecular formula is C13H15N5O. The van der Waals surface area contributed by atoms with Crippen LogP contribution in [0.2, 0.25) is 0 Å². The standard InChI is InChI=1S/C13H15N5O/c1-9-15-12(17-16-9)13(19)18-8-4-7-14-10-5-2-3-6-11(10)18/h2-3,5-6,14H,4,7-8H2,1H3,(H,15,16,17). The summed E-state index contributed by atoms with van der Waals surface area (Å²) in [4.78, 5) is 18.3. The van der Waals surface area contributed by atoms with Gasteiger partial charge in [0.15, 0.2) is 0 Å². The molecule has 0 spiro atoms. The summed E-state index contributed by atoms with van der Waals surface area (Å²) in [5.41, 5.74) is 1.85. The Labute approximate surface area is 110 Å². The highest BCUT2D eigenvalue weighted by Gasteiger charge is 2.24. The number of aromatic nitrogens is 3. The maximum atomic E-state index is 12.5. The molecule has 0 atom stereocenters. The molecule has 0 bridgehead atoms. The van der Waals surface area contributed by atoms with Crippen LogP contribution in [0.5, 0.6) is 0 Å². The van der Waals surface area contributed by atoms with Crippen LogP contribution < -0.4 is 10.2 Å². The van der Waals surface area contributed by atoms with Gasteiger partial charge in [-0.1, -0.05) is 12.1 Å². The van der Waals surface area contributed by atoms with E-state index in [0.717, 1.165) is 24.3 Å². The molecule has 1 amide bonds. The van der Waals surface area contributed by atoms with Gasteiger partial charge in [-0.25, -0.2) is 4.98 Å². The number of anilines is 2. The molecule has 2 heterocycles. The summed E-state index contributed by atoms with van der Waals surface area (Å²) in [5, 5.41) is 9.97. The molecule has 0 fully saturated rings. The Morgan fingerprint density at radius 3 is 3.00 bits per heavy atom. The monoisotopic (exact) mass is 257 g/mol. The van der Waals surface area contributed by atoms with E-state index in [0.29, 0.717) is 12.4 Å². The molecule has 0 radical (unpaired) electrons. The van der Waals surface area contributed by atoms with Crippen LogP contribution in [0.3, 0.4) is 0 Å². The predicted molar refractivity (Wildman–Crippen MR) is 72.3 cm³/mol. The van der Waals surface area contributed by atoms with Crippen molar-refractivity contribution < 1.29 is 4.79 Å². The van der Waals surface area contributed by atoms with E-state index in [1.807, 2.05) is 24.3 Å². The van der Waals surface area contributed by atoms with Gasteiger partial charge < -0.3 is 10.2 Å². The number of aromatic amines is 1. The molecule has 19 heavy (non-hydrogen) atoms. The molecule has 1 aromatic heterocycles. The lowest BCUT2D eigenvalue weighted by molar-refractivity contribution is 0.0977. The number of H-pyrrole nitrogens is 1. The number of nitrogens with one attached hydrogen (secondary N) is 2. The van der Waals surface area contributed by atoms with Crippen molar-refractivity contribution in [3.63, 3.8) is 0 Å². The van der Waals surface area contributed by atoms with Crippen LogP contribution in [0, 0.1) is 6.92 Å². The average molecular weight is 257 g/mol. The SMILES string of the molecule is Cc1nc(C(=O)N2CCCNc3ccccc32)n[nH]1. The van der Waals surface area contributed by atoms with Gasteiger partial charge in [0.2, 0.25) is 5.82 Å². The largest absolute Gasteiger partial charge is 0.383 e. The lowest BCUT2D eigenvalue weighted by atomic mass is 10.2. The Hall–Kier alpha value is -2.37. The minimum absolute atomic E-state index is 0.166. The maximum Gasteiger partial charge on any atom is 0.297 e. The first-order valence-electron chi connectivity index (χ1n) is 6.29. The lowest BCUT2D eigenvalue weighted by Crippen LogP contribution is -2.32. The van der Waals surface area contributed by atoms with Crippen LogP contribution in [0.15, 0.2) is 24.3 Å². The number of nitrogens with zero attached hydrogens (tertiary/aromatic N) is 3. The number of aryl methyl sites for hydroxylation is 1. The van der Waals surface area contributed by atoms with Crippen molar-refractivity contribution in [2.45, 2.75) is 13.3 Å². The van der Waals surface area contributed by atoms with Gasteiger partial charge in [0.25, 0.3) is 5.91 Å². The fourth-order valence-electron chi connectivity index (χ4n) is 2.21. The van der Waals surface area contributed by atoms with E-state index in [4.69, 9.17) is 0 Å². The third-order valence-electron chi connectivity index (χ3n) is 3.10. The number of hydrogen-bond donors (Lipinski definition) is 2. The fourth-order valence-corrected chi connectivity index (χ4v) is 2.21. The molecule has 98 valence electrons. The number of carbonyl (C=O) groups excluding carboxylic acids is 1.